The van der Waals surface area contributed by atoms with Crippen LogP contribution in [-0.4, -0.2) is 14.8 Å². The van der Waals surface area contributed by atoms with Crippen LogP contribution in [0.1, 0.15) is 0 Å². The molecule has 0 unspecified atom stereocenters. The molecule has 0 bridgehead atoms. The molecule has 2 rings (SSSR count). The first kappa shape index (κ1) is 5.22. The number of fused-ring (bicyclic) bond motifs is 1. The summed E-state index contributed by atoms with van der Waals surface area (Å²) in [5.74, 6) is 0. The van der Waals surface area contributed by atoms with Crippen molar-refractivity contribution in [3.63, 3.8) is 0 Å². The van der Waals surface area contributed by atoms with Gasteiger partial charge in [0.1, 0.15) is 0 Å². The number of H-pyrrole nitrogens is 1. The topological polar surface area (TPSA) is 50.2 Å². The van der Waals surface area contributed by atoms with Crippen molar-refractivity contribution in [2.75, 3.05) is 0 Å². The molecule has 0 saturated heterocycles. The smallest absolute Gasteiger partial charge is 0.200 e. The monoisotopic (exact) mass is 135 g/mol. The third-order valence-electron chi connectivity index (χ3n) is 1.29. The first-order valence-electron chi connectivity index (χ1n) is 2.89. The maximum Gasteiger partial charge on any atom is 0.200 e. The van der Waals surface area contributed by atoms with Gasteiger partial charge in [0.2, 0.25) is 5.43 Å². The Morgan fingerprint density at radius 2 is 2.50 bits per heavy atom. The Hall–Kier alpha value is -1.58. The zero-order valence-electron chi connectivity index (χ0n) is 5.11. The molecule has 0 spiro atoms. The second-order valence-electron chi connectivity index (χ2n) is 1.99. The van der Waals surface area contributed by atoms with E-state index < -0.39 is 0 Å². The molecule has 0 aliphatic carbocycles. The van der Waals surface area contributed by atoms with Crippen molar-refractivity contribution in [3.05, 3.63) is 34.7 Å². The molecule has 1 N–H and O–H groups in total. The van der Waals surface area contributed by atoms with Crippen molar-refractivity contribution in [2.45, 2.75) is 0 Å². The van der Waals surface area contributed by atoms with Crippen LogP contribution in [0.2, 0.25) is 0 Å². The highest BCUT2D eigenvalue weighted by Gasteiger charge is 1.90. The molecule has 0 saturated carbocycles. The van der Waals surface area contributed by atoms with Crippen LogP contribution < -0.4 is 5.43 Å². The van der Waals surface area contributed by atoms with Crippen molar-refractivity contribution >= 4 is 5.52 Å². The van der Waals surface area contributed by atoms with E-state index in [4.69, 9.17) is 0 Å². The summed E-state index contributed by atoms with van der Waals surface area (Å²) in [6, 6.07) is 3.30. The lowest BCUT2D eigenvalue weighted by molar-refractivity contribution is 0.796. The molecule has 2 aromatic heterocycles. The van der Waals surface area contributed by atoms with Crippen LogP contribution in [0.3, 0.4) is 0 Å². The zero-order chi connectivity index (χ0) is 6.97. The highest BCUT2D eigenvalue weighted by Crippen LogP contribution is 1.91. The van der Waals surface area contributed by atoms with Gasteiger partial charge in [-0.3, -0.25) is 9.89 Å². The third-order valence-corrected chi connectivity index (χ3v) is 1.29. The van der Waals surface area contributed by atoms with E-state index in [0.29, 0.717) is 0 Å². The van der Waals surface area contributed by atoms with Crippen molar-refractivity contribution < 1.29 is 0 Å². The normalized spacial score (nSPS) is 10.4. The molecule has 0 amide bonds. The van der Waals surface area contributed by atoms with Crippen molar-refractivity contribution in [2.24, 2.45) is 0 Å². The molecule has 2 aromatic rings. The highest BCUT2D eigenvalue weighted by atomic mass is 16.1. The fourth-order valence-electron chi connectivity index (χ4n) is 0.845. The van der Waals surface area contributed by atoms with Gasteiger partial charge in [-0.25, -0.2) is 0 Å². The number of hydrogen-bond donors (Lipinski definition) is 1. The quantitative estimate of drug-likeness (QED) is 0.553. The standard InChI is InChI=1S/C6H5N3O/c10-6-3-5-1-2-7-9(5)8-4-6/h1-4,7H. The van der Waals surface area contributed by atoms with E-state index in [1.165, 1.54) is 16.9 Å². The second kappa shape index (κ2) is 1.70. The maximum absolute atomic E-state index is 10.7. The lowest BCUT2D eigenvalue weighted by Crippen LogP contribution is -2.02. The number of rotatable bonds is 0. The van der Waals surface area contributed by atoms with Crippen LogP contribution in [0.15, 0.2) is 29.3 Å². The molecule has 50 valence electrons. The van der Waals surface area contributed by atoms with E-state index in [1.807, 2.05) is 0 Å². The first-order valence-corrected chi connectivity index (χ1v) is 2.89. The minimum atomic E-state index is -0.0698. The van der Waals surface area contributed by atoms with Gasteiger partial charge < -0.3 is 0 Å². The van der Waals surface area contributed by atoms with Gasteiger partial charge in [0.05, 0.1) is 11.7 Å². The molecule has 4 heteroatoms. The molecular formula is C6H5N3O. The number of hydrogen-bond acceptors (Lipinski definition) is 2. The lowest BCUT2D eigenvalue weighted by Gasteiger charge is -1.86. The summed E-state index contributed by atoms with van der Waals surface area (Å²) in [6.45, 7) is 0. The van der Waals surface area contributed by atoms with Crippen molar-refractivity contribution in [1.29, 1.82) is 0 Å². The summed E-state index contributed by atoms with van der Waals surface area (Å²) < 4.78 is 1.53. The molecule has 0 atom stereocenters. The van der Waals surface area contributed by atoms with Crippen LogP contribution in [-0.2, 0) is 0 Å². The van der Waals surface area contributed by atoms with Gasteiger partial charge in [0.25, 0.3) is 0 Å². The van der Waals surface area contributed by atoms with Crippen LogP contribution >= 0.6 is 0 Å². The summed E-state index contributed by atoms with van der Waals surface area (Å²) >= 11 is 0. The summed E-state index contributed by atoms with van der Waals surface area (Å²) in [7, 11) is 0. The summed E-state index contributed by atoms with van der Waals surface area (Å²) in [4.78, 5) is 10.7. The molecular weight excluding hydrogens is 130 g/mol. The van der Waals surface area contributed by atoms with E-state index in [1.54, 1.807) is 12.3 Å². The minimum absolute atomic E-state index is 0.0698. The van der Waals surface area contributed by atoms with Gasteiger partial charge in [0, 0.05) is 12.3 Å². The first-order chi connectivity index (χ1) is 4.86. The van der Waals surface area contributed by atoms with Gasteiger partial charge in [-0.2, -0.15) is 9.73 Å². The summed E-state index contributed by atoms with van der Waals surface area (Å²) in [6.07, 6.45) is 2.99. The fourth-order valence-corrected chi connectivity index (χ4v) is 0.845. The predicted octanol–water partition coefficient (Wildman–Crippen LogP) is 0.0226. The average molecular weight is 135 g/mol. The molecule has 0 aromatic carbocycles. The maximum atomic E-state index is 10.7. The Balaban J connectivity index is 2.99. The number of aromatic nitrogens is 3. The van der Waals surface area contributed by atoms with Crippen LogP contribution in [0.4, 0.5) is 0 Å². The SMILES string of the molecule is O=c1cnn2[nH]ccc2c1. The largest absolute Gasteiger partial charge is 0.288 e. The predicted molar refractivity (Wildman–Crippen MR) is 35.8 cm³/mol. The van der Waals surface area contributed by atoms with Crippen molar-refractivity contribution in [1.82, 2.24) is 14.8 Å². The molecule has 4 nitrogen and oxygen atoms in total. The molecule has 0 aliphatic heterocycles. The molecule has 0 aliphatic rings. The average Bonchev–Trinajstić information content (AvgIpc) is 2.33. The van der Waals surface area contributed by atoms with Crippen LogP contribution in [0.25, 0.3) is 5.52 Å². The Bertz CT molecular complexity index is 400. The van der Waals surface area contributed by atoms with Gasteiger partial charge in [0.15, 0.2) is 0 Å². The fraction of sp³-hybridized carbons (Fsp3) is 0. The Morgan fingerprint density at radius 3 is 3.40 bits per heavy atom. The van der Waals surface area contributed by atoms with Crippen LogP contribution in [0, 0.1) is 0 Å². The zero-order valence-corrected chi connectivity index (χ0v) is 5.11. The van der Waals surface area contributed by atoms with Crippen molar-refractivity contribution in [3.8, 4) is 0 Å². The van der Waals surface area contributed by atoms with Gasteiger partial charge in [-0.15, -0.1) is 0 Å². The highest BCUT2D eigenvalue weighted by molar-refractivity contribution is 5.42. The summed E-state index contributed by atoms with van der Waals surface area (Å²) in [5, 5.41) is 6.60. The number of nitrogens with one attached hydrogen (secondary N) is 1. The third kappa shape index (κ3) is 0.621. The molecule has 0 fully saturated rings. The van der Waals surface area contributed by atoms with Crippen LogP contribution in [0.5, 0.6) is 0 Å². The van der Waals surface area contributed by atoms with E-state index >= 15 is 0 Å². The number of aromatic amines is 1. The summed E-state index contributed by atoms with van der Waals surface area (Å²) in [5.41, 5.74) is 0.715. The van der Waals surface area contributed by atoms with E-state index in [0.717, 1.165) is 5.52 Å². The van der Waals surface area contributed by atoms with E-state index in [9.17, 15) is 4.79 Å². The van der Waals surface area contributed by atoms with E-state index in [2.05, 4.69) is 10.2 Å². The molecule has 0 radical (unpaired) electrons. The number of nitrogens with zero attached hydrogens (tertiary/aromatic N) is 2. The van der Waals surface area contributed by atoms with Gasteiger partial charge in [-0.05, 0) is 6.07 Å². The molecule has 2 heterocycles. The minimum Gasteiger partial charge on any atom is -0.288 e. The Kier molecular flexibility index (Phi) is 0.887. The van der Waals surface area contributed by atoms with E-state index in [-0.39, 0.29) is 5.43 Å². The van der Waals surface area contributed by atoms with Gasteiger partial charge >= 0.3 is 0 Å². The lowest BCUT2D eigenvalue weighted by atomic mass is 10.4. The molecule has 10 heavy (non-hydrogen) atoms. The van der Waals surface area contributed by atoms with Gasteiger partial charge in [-0.1, -0.05) is 0 Å². The second-order valence-corrected chi connectivity index (χ2v) is 1.99. The Labute approximate surface area is 56.1 Å². The Morgan fingerprint density at radius 1 is 1.60 bits per heavy atom.